The highest BCUT2D eigenvalue weighted by Crippen LogP contribution is 2.29. The van der Waals surface area contributed by atoms with Crippen LogP contribution in [-0.2, 0) is 22.8 Å². The van der Waals surface area contributed by atoms with E-state index in [9.17, 15) is 13.2 Å². The van der Waals surface area contributed by atoms with Crippen LogP contribution in [0.25, 0.3) is 0 Å². The minimum atomic E-state index is -3.34. The van der Waals surface area contributed by atoms with E-state index in [0.717, 1.165) is 25.2 Å². The number of sulfone groups is 1. The van der Waals surface area contributed by atoms with E-state index >= 15 is 0 Å². The first-order valence-corrected chi connectivity index (χ1v) is 11.4. The first kappa shape index (κ1) is 20.0. The topological polar surface area (TPSA) is 79.4 Å². The monoisotopic (exact) mass is 407 g/mol. The van der Waals surface area contributed by atoms with Gasteiger partial charge in [-0.1, -0.05) is 0 Å². The molecule has 0 bridgehead atoms. The Balaban J connectivity index is 1.72. The van der Waals surface area contributed by atoms with E-state index < -0.39 is 15.1 Å². The quantitative estimate of drug-likeness (QED) is 0.822. The number of carbonyl (C=O) groups is 1. The number of nitrogens with one attached hydrogen (secondary N) is 1. The number of hydrogen-bond acceptors (Lipinski definition) is 6. The summed E-state index contributed by atoms with van der Waals surface area (Å²) >= 11 is 1.51. The fourth-order valence-corrected chi connectivity index (χ4v) is 5.04. The van der Waals surface area contributed by atoms with Gasteiger partial charge in [0.1, 0.15) is 0 Å². The molecular weight excluding hydrogens is 382 g/mol. The lowest BCUT2D eigenvalue weighted by atomic mass is 10.1. The second-order valence-electron chi connectivity index (χ2n) is 7.28. The molecule has 0 atom stereocenters. The first-order valence-electron chi connectivity index (χ1n) is 9.06. The smallest absolute Gasteiger partial charge is 0.257 e. The average molecular weight is 408 g/mol. The molecule has 1 amide bonds. The Bertz CT molecular complexity index is 932. The summed E-state index contributed by atoms with van der Waals surface area (Å²) < 4.78 is 24.4. The van der Waals surface area contributed by atoms with Crippen molar-refractivity contribution in [1.82, 2.24) is 9.88 Å². The van der Waals surface area contributed by atoms with Crippen molar-refractivity contribution in [1.29, 1.82) is 0 Å². The summed E-state index contributed by atoms with van der Waals surface area (Å²) in [6.07, 6.45) is 0.891. The molecule has 146 valence electrons. The number of fused-ring (bicyclic) bond motifs is 1. The van der Waals surface area contributed by atoms with Gasteiger partial charge in [-0.3, -0.25) is 15.0 Å². The fourth-order valence-electron chi connectivity index (χ4n) is 2.95. The molecule has 3 rings (SSSR count). The molecule has 6 nitrogen and oxygen atoms in total. The van der Waals surface area contributed by atoms with Gasteiger partial charge in [-0.15, -0.1) is 11.3 Å². The number of aromatic nitrogens is 1. The van der Waals surface area contributed by atoms with Gasteiger partial charge in [0.25, 0.3) is 5.91 Å². The van der Waals surface area contributed by atoms with Crippen molar-refractivity contribution in [3.63, 3.8) is 0 Å². The predicted octanol–water partition coefficient (Wildman–Crippen LogP) is 3.34. The summed E-state index contributed by atoms with van der Waals surface area (Å²) in [5.74, 6) is -0.282. The summed E-state index contributed by atoms with van der Waals surface area (Å²) in [5.41, 5.74) is 1.47. The molecule has 1 aliphatic rings. The lowest BCUT2D eigenvalue weighted by molar-refractivity contribution is 0.102. The third kappa shape index (κ3) is 4.23. The summed E-state index contributed by atoms with van der Waals surface area (Å²) in [6, 6.07) is 6.53. The molecule has 1 N–H and O–H groups in total. The van der Waals surface area contributed by atoms with Gasteiger partial charge in [0.05, 0.1) is 15.8 Å². The van der Waals surface area contributed by atoms with Crippen molar-refractivity contribution in [2.45, 2.75) is 56.8 Å². The minimum absolute atomic E-state index is 0.229. The fraction of sp³-hybridized carbons (Fsp3) is 0.474. The number of anilines is 1. The SMILES string of the molecule is CC(C)N1CCc2nc(NC(=O)c3ccc(S(=O)(=O)C(C)C)cc3)sc2C1. The zero-order valence-corrected chi connectivity index (χ0v) is 17.7. The Hall–Kier alpha value is -1.77. The molecule has 2 heterocycles. The zero-order chi connectivity index (χ0) is 19.8. The van der Waals surface area contributed by atoms with Gasteiger partial charge in [0.2, 0.25) is 0 Å². The van der Waals surface area contributed by atoms with Gasteiger partial charge in [0.15, 0.2) is 15.0 Å². The molecule has 0 radical (unpaired) electrons. The zero-order valence-electron chi connectivity index (χ0n) is 16.0. The van der Waals surface area contributed by atoms with Crippen molar-refractivity contribution in [3.8, 4) is 0 Å². The standard InChI is InChI=1S/C19H25N3O3S2/c1-12(2)22-10-9-16-17(11-22)26-19(20-16)21-18(23)14-5-7-15(8-6-14)27(24,25)13(3)4/h5-8,12-13H,9-11H2,1-4H3,(H,20,21,23). The maximum absolute atomic E-state index is 12.5. The molecule has 0 fully saturated rings. The number of amides is 1. The third-order valence-corrected chi connectivity index (χ3v) is 7.95. The average Bonchev–Trinajstić information content (AvgIpc) is 3.02. The highest BCUT2D eigenvalue weighted by molar-refractivity contribution is 7.92. The number of thiazole rings is 1. The largest absolute Gasteiger partial charge is 0.298 e. The van der Waals surface area contributed by atoms with Gasteiger partial charge in [-0.25, -0.2) is 13.4 Å². The Kier molecular flexibility index (Phi) is 5.69. The van der Waals surface area contributed by atoms with Crippen LogP contribution in [0.1, 0.15) is 48.6 Å². The van der Waals surface area contributed by atoms with E-state index in [1.54, 1.807) is 26.0 Å². The maximum Gasteiger partial charge on any atom is 0.257 e. The first-order chi connectivity index (χ1) is 12.7. The van der Waals surface area contributed by atoms with Crippen LogP contribution in [0.15, 0.2) is 29.2 Å². The van der Waals surface area contributed by atoms with Crippen LogP contribution in [0.5, 0.6) is 0 Å². The van der Waals surface area contributed by atoms with Crippen LogP contribution in [-0.4, -0.2) is 42.0 Å². The number of carbonyl (C=O) groups excluding carboxylic acids is 1. The Morgan fingerprint density at radius 2 is 1.85 bits per heavy atom. The molecule has 8 heteroatoms. The summed E-state index contributed by atoms with van der Waals surface area (Å²) in [6.45, 7) is 9.48. The van der Waals surface area contributed by atoms with Gasteiger partial charge >= 0.3 is 0 Å². The highest BCUT2D eigenvalue weighted by atomic mass is 32.2. The molecule has 2 aromatic rings. The van der Waals surface area contributed by atoms with Crippen molar-refractivity contribution in [3.05, 3.63) is 40.4 Å². The molecule has 0 saturated carbocycles. The van der Waals surface area contributed by atoms with E-state index in [4.69, 9.17) is 0 Å². The van der Waals surface area contributed by atoms with E-state index in [1.807, 2.05) is 0 Å². The molecule has 0 unspecified atom stereocenters. The molecule has 27 heavy (non-hydrogen) atoms. The summed E-state index contributed by atoms with van der Waals surface area (Å²) in [7, 11) is -3.34. The number of nitrogens with zero attached hydrogens (tertiary/aromatic N) is 2. The Labute approximate surface area is 164 Å². The highest BCUT2D eigenvalue weighted by Gasteiger charge is 2.23. The molecule has 0 spiro atoms. The van der Waals surface area contributed by atoms with Crippen LogP contribution in [0.3, 0.4) is 0 Å². The van der Waals surface area contributed by atoms with Crippen molar-refractivity contribution in [2.24, 2.45) is 0 Å². The van der Waals surface area contributed by atoms with Crippen LogP contribution < -0.4 is 5.32 Å². The Morgan fingerprint density at radius 1 is 1.19 bits per heavy atom. The number of benzene rings is 1. The molecule has 1 aliphatic heterocycles. The normalized spacial score (nSPS) is 15.2. The van der Waals surface area contributed by atoms with Crippen LogP contribution in [0.4, 0.5) is 5.13 Å². The van der Waals surface area contributed by atoms with E-state index in [1.165, 1.54) is 28.3 Å². The lowest BCUT2D eigenvalue weighted by Crippen LogP contribution is -2.35. The second-order valence-corrected chi connectivity index (χ2v) is 10.9. The maximum atomic E-state index is 12.5. The molecule has 1 aromatic carbocycles. The lowest BCUT2D eigenvalue weighted by Gasteiger charge is -2.29. The summed E-state index contributed by atoms with van der Waals surface area (Å²) in [4.78, 5) is 20.9. The molecule has 0 saturated heterocycles. The molecule has 1 aromatic heterocycles. The van der Waals surface area contributed by atoms with Crippen molar-refractivity contribution in [2.75, 3.05) is 11.9 Å². The van der Waals surface area contributed by atoms with Gasteiger partial charge in [-0.2, -0.15) is 0 Å². The molecular formula is C19H25N3O3S2. The van der Waals surface area contributed by atoms with Crippen molar-refractivity contribution >= 4 is 32.2 Å². The van der Waals surface area contributed by atoms with Crippen LogP contribution >= 0.6 is 11.3 Å². The van der Waals surface area contributed by atoms with Crippen LogP contribution in [0, 0.1) is 0 Å². The van der Waals surface area contributed by atoms with E-state index in [0.29, 0.717) is 16.7 Å². The molecule has 0 aliphatic carbocycles. The minimum Gasteiger partial charge on any atom is -0.298 e. The van der Waals surface area contributed by atoms with Crippen molar-refractivity contribution < 1.29 is 13.2 Å². The van der Waals surface area contributed by atoms with Gasteiger partial charge in [-0.05, 0) is 52.0 Å². The predicted molar refractivity (Wildman–Crippen MR) is 108 cm³/mol. The van der Waals surface area contributed by atoms with Gasteiger partial charge in [0, 0.05) is 36.0 Å². The number of hydrogen-bond donors (Lipinski definition) is 1. The second kappa shape index (κ2) is 7.69. The van der Waals surface area contributed by atoms with E-state index in [2.05, 4.69) is 29.0 Å². The van der Waals surface area contributed by atoms with Crippen LogP contribution in [0.2, 0.25) is 0 Å². The Morgan fingerprint density at radius 3 is 2.44 bits per heavy atom. The summed E-state index contributed by atoms with van der Waals surface area (Å²) in [5, 5.41) is 2.94. The van der Waals surface area contributed by atoms with E-state index in [-0.39, 0.29) is 10.8 Å². The number of rotatable bonds is 5. The van der Waals surface area contributed by atoms with Gasteiger partial charge < -0.3 is 0 Å². The third-order valence-electron chi connectivity index (χ3n) is 4.78.